The smallest absolute Gasteiger partial charge is 0.144 e. The molecule has 1 aromatic rings. The van der Waals surface area contributed by atoms with Crippen molar-refractivity contribution in [2.24, 2.45) is 0 Å². The molecule has 0 saturated heterocycles. The highest BCUT2D eigenvalue weighted by atomic mass is 16.5. The SMILES string of the molecule is CNN1CCOc2ccc(C)cc21. The molecule has 0 saturated carbocycles. The predicted molar refractivity (Wildman–Crippen MR) is 53.1 cm³/mol. The minimum atomic E-state index is 0.747. The van der Waals surface area contributed by atoms with Crippen LogP contribution in [0.15, 0.2) is 18.2 Å². The second-order valence-electron chi connectivity index (χ2n) is 3.19. The summed E-state index contributed by atoms with van der Waals surface area (Å²) in [7, 11) is 1.93. The maximum atomic E-state index is 5.53. The van der Waals surface area contributed by atoms with E-state index in [4.69, 9.17) is 4.74 Å². The first-order chi connectivity index (χ1) is 6.31. The number of nitrogens with one attached hydrogen (secondary N) is 1. The fraction of sp³-hybridized carbons (Fsp3) is 0.400. The third-order valence-corrected chi connectivity index (χ3v) is 2.25. The number of hydrogen-bond donors (Lipinski definition) is 1. The molecule has 0 bridgehead atoms. The van der Waals surface area contributed by atoms with Crippen molar-refractivity contribution in [1.82, 2.24) is 5.43 Å². The van der Waals surface area contributed by atoms with Crippen LogP contribution in [0.4, 0.5) is 5.69 Å². The lowest BCUT2D eigenvalue weighted by atomic mass is 10.2. The molecule has 3 heteroatoms. The van der Waals surface area contributed by atoms with Crippen molar-refractivity contribution >= 4 is 5.69 Å². The average Bonchev–Trinajstić information content (AvgIpc) is 2.17. The van der Waals surface area contributed by atoms with Crippen molar-refractivity contribution in [3.05, 3.63) is 23.8 Å². The van der Waals surface area contributed by atoms with Crippen LogP contribution in [0.25, 0.3) is 0 Å². The minimum Gasteiger partial charge on any atom is -0.489 e. The van der Waals surface area contributed by atoms with E-state index in [1.807, 2.05) is 13.1 Å². The van der Waals surface area contributed by atoms with Crippen LogP contribution in [0.1, 0.15) is 5.56 Å². The number of hydrazine groups is 1. The molecule has 13 heavy (non-hydrogen) atoms. The fourth-order valence-electron chi connectivity index (χ4n) is 1.56. The van der Waals surface area contributed by atoms with Gasteiger partial charge in [-0.3, -0.25) is 0 Å². The molecule has 1 N–H and O–H groups in total. The van der Waals surface area contributed by atoms with Gasteiger partial charge < -0.3 is 9.75 Å². The zero-order chi connectivity index (χ0) is 9.26. The van der Waals surface area contributed by atoms with Crippen molar-refractivity contribution in [3.63, 3.8) is 0 Å². The highest BCUT2D eigenvalue weighted by molar-refractivity contribution is 5.60. The Bertz CT molecular complexity index is 312. The van der Waals surface area contributed by atoms with Crippen LogP contribution < -0.4 is 15.2 Å². The summed E-state index contributed by atoms with van der Waals surface area (Å²) < 4.78 is 5.53. The molecule has 2 rings (SSSR count). The van der Waals surface area contributed by atoms with E-state index in [1.54, 1.807) is 0 Å². The lowest BCUT2D eigenvalue weighted by Crippen LogP contribution is -2.41. The second-order valence-corrected chi connectivity index (χ2v) is 3.19. The Kier molecular flexibility index (Phi) is 2.10. The van der Waals surface area contributed by atoms with Gasteiger partial charge in [-0.05, 0) is 24.6 Å². The third kappa shape index (κ3) is 1.47. The predicted octanol–water partition coefficient (Wildman–Crippen LogP) is 1.33. The molecule has 0 spiro atoms. The summed E-state index contributed by atoms with van der Waals surface area (Å²) in [5, 5.41) is 2.10. The maximum absolute atomic E-state index is 5.53. The van der Waals surface area contributed by atoms with Crippen molar-refractivity contribution in [1.29, 1.82) is 0 Å². The first-order valence-electron chi connectivity index (χ1n) is 4.49. The van der Waals surface area contributed by atoms with Gasteiger partial charge in [0.15, 0.2) is 0 Å². The number of ether oxygens (including phenoxy) is 1. The van der Waals surface area contributed by atoms with Crippen molar-refractivity contribution < 1.29 is 4.74 Å². The third-order valence-electron chi connectivity index (χ3n) is 2.25. The van der Waals surface area contributed by atoms with Crippen LogP contribution in [0.2, 0.25) is 0 Å². The van der Waals surface area contributed by atoms with E-state index in [9.17, 15) is 0 Å². The van der Waals surface area contributed by atoms with E-state index in [0.29, 0.717) is 0 Å². The van der Waals surface area contributed by atoms with Gasteiger partial charge in [0.1, 0.15) is 12.4 Å². The molecule has 1 aliphatic heterocycles. The van der Waals surface area contributed by atoms with E-state index in [1.165, 1.54) is 5.56 Å². The van der Waals surface area contributed by atoms with Gasteiger partial charge in [0.2, 0.25) is 0 Å². The van der Waals surface area contributed by atoms with Crippen LogP contribution in [-0.2, 0) is 0 Å². The summed E-state index contributed by atoms with van der Waals surface area (Å²) >= 11 is 0. The lowest BCUT2D eigenvalue weighted by molar-refractivity contribution is 0.302. The highest BCUT2D eigenvalue weighted by Crippen LogP contribution is 2.30. The summed E-state index contributed by atoms with van der Waals surface area (Å²) in [6, 6.07) is 6.22. The van der Waals surface area contributed by atoms with Crippen molar-refractivity contribution in [2.45, 2.75) is 6.92 Å². The Balaban J connectivity index is 2.41. The molecular weight excluding hydrogens is 164 g/mol. The van der Waals surface area contributed by atoms with Gasteiger partial charge in [-0.15, -0.1) is 0 Å². The molecule has 1 aromatic carbocycles. The normalized spacial score (nSPS) is 15.1. The van der Waals surface area contributed by atoms with E-state index < -0.39 is 0 Å². The van der Waals surface area contributed by atoms with Crippen LogP contribution in [0, 0.1) is 6.92 Å². The molecular formula is C10H14N2O. The van der Waals surface area contributed by atoms with Gasteiger partial charge in [-0.25, -0.2) is 5.43 Å². The summed E-state index contributed by atoms with van der Waals surface area (Å²) in [4.78, 5) is 0. The lowest BCUT2D eigenvalue weighted by Gasteiger charge is -2.30. The Morgan fingerprint density at radius 3 is 3.08 bits per heavy atom. The molecule has 1 heterocycles. The van der Waals surface area contributed by atoms with Crippen LogP contribution in [0.5, 0.6) is 5.75 Å². The van der Waals surface area contributed by atoms with E-state index in [-0.39, 0.29) is 0 Å². The standard InChI is InChI=1S/C10H14N2O/c1-8-3-4-10-9(7-8)12(11-2)5-6-13-10/h3-4,7,11H,5-6H2,1-2H3. The first kappa shape index (κ1) is 8.38. The number of benzene rings is 1. The molecule has 0 amide bonds. The van der Waals surface area contributed by atoms with Crippen molar-refractivity contribution in [2.75, 3.05) is 25.2 Å². The van der Waals surface area contributed by atoms with Gasteiger partial charge >= 0.3 is 0 Å². The zero-order valence-corrected chi connectivity index (χ0v) is 8.00. The van der Waals surface area contributed by atoms with Gasteiger partial charge in [-0.1, -0.05) is 6.07 Å². The van der Waals surface area contributed by atoms with Gasteiger partial charge in [0, 0.05) is 7.05 Å². The topological polar surface area (TPSA) is 24.5 Å². The zero-order valence-electron chi connectivity index (χ0n) is 8.00. The number of hydrogen-bond acceptors (Lipinski definition) is 3. The Morgan fingerprint density at radius 2 is 2.31 bits per heavy atom. The van der Waals surface area contributed by atoms with E-state index >= 15 is 0 Å². The highest BCUT2D eigenvalue weighted by Gasteiger charge is 2.16. The summed E-state index contributed by atoms with van der Waals surface area (Å²) in [5.41, 5.74) is 5.53. The summed E-state index contributed by atoms with van der Waals surface area (Å²) in [6.07, 6.45) is 0. The van der Waals surface area contributed by atoms with Crippen LogP contribution >= 0.6 is 0 Å². The molecule has 1 aliphatic rings. The number of fused-ring (bicyclic) bond motifs is 1. The summed E-state index contributed by atoms with van der Waals surface area (Å²) in [6.45, 7) is 3.73. The van der Waals surface area contributed by atoms with E-state index in [0.717, 1.165) is 24.6 Å². The van der Waals surface area contributed by atoms with Crippen LogP contribution in [-0.4, -0.2) is 20.2 Å². The minimum absolute atomic E-state index is 0.747. The average molecular weight is 178 g/mol. The monoisotopic (exact) mass is 178 g/mol. The number of anilines is 1. The van der Waals surface area contributed by atoms with Gasteiger partial charge in [0.05, 0.1) is 12.2 Å². The maximum Gasteiger partial charge on any atom is 0.144 e. The first-order valence-corrected chi connectivity index (χ1v) is 4.49. The second kappa shape index (κ2) is 3.26. The Hall–Kier alpha value is -1.22. The van der Waals surface area contributed by atoms with Crippen LogP contribution in [0.3, 0.4) is 0 Å². The number of aryl methyl sites for hydroxylation is 1. The molecule has 0 aromatic heterocycles. The number of nitrogens with zero attached hydrogens (tertiary/aromatic N) is 1. The summed E-state index contributed by atoms with van der Waals surface area (Å²) in [5.74, 6) is 0.964. The van der Waals surface area contributed by atoms with Gasteiger partial charge in [0.25, 0.3) is 0 Å². The molecule has 0 unspecified atom stereocenters. The molecule has 0 atom stereocenters. The quantitative estimate of drug-likeness (QED) is 0.702. The fourth-order valence-corrected chi connectivity index (χ4v) is 1.56. The van der Waals surface area contributed by atoms with Crippen molar-refractivity contribution in [3.8, 4) is 5.75 Å². The molecule has 0 fully saturated rings. The molecule has 0 aliphatic carbocycles. The Morgan fingerprint density at radius 1 is 1.46 bits per heavy atom. The van der Waals surface area contributed by atoms with Gasteiger partial charge in [-0.2, -0.15) is 0 Å². The number of rotatable bonds is 1. The Labute approximate surface area is 78.3 Å². The largest absolute Gasteiger partial charge is 0.489 e. The van der Waals surface area contributed by atoms with E-state index in [2.05, 4.69) is 29.5 Å². The molecule has 3 nitrogen and oxygen atoms in total. The molecule has 70 valence electrons. The molecule has 0 radical (unpaired) electrons.